The maximum atomic E-state index is 14.6. The van der Waals surface area contributed by atoms with Crippen LogP contribution in [0.4, 0.5) is 10.1 Å². The van der Waals surface area contributed by atoms with Gasteiger partial charge in [0.1, 0.15) is 5.82 Å². The van der Waals surface area contributed by atoms with E-state index >= 15 is 0 Å². The number of fused-ring (bicyclic) bond motifs is 1. The van der Waals surface area contributed by atoms with Gasteiger partial charge in [-0.25, -0.2) is 4.39 Å². The summed E-state index contributed by atoms with van der Waals surface area (Å²) in [5.41, 5.74) is 4.00. The number of halogens is 1. The smallest absolute Gasteiger partial charge is 0.131 e. The Bertz CT molecular complexity index is 859. The molecule has 0 spiro atoms. The van der Waals surface area contributed by atoms with E-state index in [-0.39, 0.29) is 18.0 Å². The van der Waals surface area contributed by atoms with Gasteiger partial charge in [-0.15, -0.1) is 0 Å². The van der Waals surface area contributed by atoms with Gasteiger partial charge >= 0.3 is 0 Å². The molecule has 2 aromatic rings. The molecule has 1 aromatic carbocycles. The average Bonchev–Trinajstić information content (AvgIpc) is 3.19. The van der Waals surface area contributed by atoms with Crippen LogP contribution < -0.4 is 5.32 Å². The van der Waals surface area contributed by atoms with E-state index in [1.807, 2.05) is 25.1 Å². The van der Waals surface area contributed by atoms with Gasteiger partial charge in [-0.3, -0.25) is 9.98 Å². The third-order valence-electron chi connectivity index (χ3n) is 4.78. The van der Waals surface area contributed by atoms with Gasteiger partial charge in [-0.05, 0) is 56.0 Å². The summed E-state index contributed by atoms with van der Waals surface area (Å²) in [4.78, 5) is 8.71. The number of pyridine rings is 1. The van der Waals surface area contributed by atoms with Crippen molar-refractivity contribution in [1.82, 2.24) is 4.98 Å². The number of aryl methyl sites for hydroxylation is 1. The summed E-state index contributed by atoms with van der Waals surface area (Å²) >= 11 is 0. The Balaban J connectivity index is 1.75. The number of hydrogen-bond donors (Lipinski definition) is 2. The second-order valence-electron chi connectivity index (χ2n) is 6.65. The molecule has 4 nitrogen and oxygen atoms in total. The molecule has 124 valence electrons. The van der Waals surface area contributed by atoms with Gasteiger partial charge in [0.2, 0.25) is 0 Å². The number of aliphatic hydroxyl groups excluding tert-OH is 1. The van der Waals surface area contributed by atoms with Gasteiger partial charge in [0.25, 0.3) is 0 Å². The van der Waals surface area contributed by atoms with Crippen molar-refractivity contribution in [3.63, 3.8) is 0 Å². The summed E-state index contributed by atoms with van der Waals surface area (Å²) in [7, 11) is 0. The van der Waals surface area contributed by atoms with Crippen LogP contribution in [0.3, 0.4) is 0 Å². The number of nitrogens with zero attached hydrogens (tertiary/aromatic N) is 2. The predicted octanol–water partition coefficient (Wildman–Crippen LogP) is 3.48. The van der Waals surface area contributed by atoms with Crippen molar-refractivity contribution < 1.29 is 9.50 Å². The Hall–Kier alpha value is -2.27. The van der Waals surface area contributed by atoms with E-state index in [1.165, 1.54) is 0 Å². The van der Waals surface area contributed by atoms with Crippen LogP contribution in [-0.2, 0) is 0 Å². The number of benzene rings is 1. The van der Waals surface area contributed by atoms with Crippen LogP contribution in [0.2, 0.25) is 0 Å². The van der Waals surface area contributed by atoms with E-state index in [9.17, 15) is 9.50 Å². The average molecular weight is 325 g/mol. The Morgan fingerprint density at radius 3 is 2.83 bits per heavy atom. The summed E-state index contributed by atoms with van der Waals surface area (Å²) in [5, 5.41) is 14.0. The van der Waals surface area contributed by atoms with Gasteiger partial charge < -0.3 is 10.4 Å². The van der Waals surface area contributed by atoms with Crippen molar-refractivity contribution >= 4 is 28.4 Å². The van der Waals surface area contributed by atoms with Crippen molar-refractivity contribution in [2.24, 2.45) is 4.99 Å². The summed E-state index contributed by atoms with van der Waals surface area (Å²) in [6.45, 7) is 2.45. The molecule has 24 heavy (non-hydrogen) atoms. The molecule has 1 saturated carbocycles. The van der Waals surface area contributed by atoms with Crippen molar-refractivity contribution in [2.45, 2.75) is 38.3 Å². The lowest BCUT2D eigenvalue weighted by Crippen LogP contribution is -2.17. The first-order valence-electron chi connectivity index (χ1n) is 8.35. The van der Waals surface area contributed by atoms with E-state index < -0.39 is 0 Å². The van der Waals surface area contributed by atoms with Crippen LogP contribution in [0.25, 0.3) is 16.5 Å². The van der Waals surface area contributed by atoms with E-state index in [4.69, 9.17) is 0 Å². The Kier molecular flexibility index (Phi) is 3.81. The van der Waals surface area contributed by atoms with Crippen LogP contribution in [0.15, 0.2) is 29.3 Å². The highest BCUT2D eigenvalue weighted by atomic mass is 19.1. The number of hydrogen-bond acceptors (Lipinski definition) is 4. The Labute approximate surface area is 140 Å². The van der Waals surface area contributed by atoms with Crippen LogP contribution in [0, 0.1) is 12.7 Å². The van der Waals surface area contributed by atoms with Gasteiger partial charge in [-0.2, -0.15) is 0 Å². The fraction of sp³-hybridized carbons (Fsp3) is 0.368. The van der Waals surface area contributed by atoms with Crippen LogP contribution in [0.1, 0.15) is 30.5 Å². The molecule has 1 aromatic heterocycles. The van der Waals surface area contributed by atoms with E-state index in [2.05, 4.69) is 15.3 Å². The standard InChI is InChI=1S/C19H20FN3O/c1-11-6-18(23-13-2-3-14(24)7-13)16-8-17(20)15(9-19(16)22-11)12-4-5-21-10-12/h4-6,8-9,13-14,24H,2-3,7,10H2,1H3,(H,22,23)/t13-,14-/m0/s1. The summed E-state index contributed by atoms with van der Waals surface area (Å²) in [6.07, 6.45) is 5.78. The third kappa shape index (κ3) is 2.80. The molecule has 0 radical (unpaired) electrons. The lowest BCUT2D eigenvalue weighted by atomic mass is 10.0. The number of allylic oxidation sites excluding steroid dienone is 1. The first-order chi connectivity index (χ1) is 11.6. The minimum Gasteiger partial charge on any atom is -0.393 e. The zero-order valence-corrected chi connectivity index (χ0v) is 13.6. The molecule has 1 aliphatic heterocycles. The van der Waals surface area contributed by atoms with Crippen LogP contribution in [0.5, 0.6) is 0 Å². The highest BCUT2D eigenvalue weighted by Gasteiger charge is 2.23. The molecule has 2 atom stereocenters. The summed E-state index contributed by atoms with van der Waals surface area (Å²) in [6, 6.07) is 5.54. The van der Waals surface area contributed by atoms with E-state index in [0.717, 1.165) is 47.1 Å². The normalized spacial score (nSPS) is 23.0. The molecule has 0 bridgehead atoms. The molecule has 2 aliphatic rings. The van der Waals surface area contributed by atoms with Crippen molar-refractivity contribution in [3.05, 3.63) is 41.3 Å². The lowest BCUT2D eigenvalue weighted by Gasteiger charge is -2.17. The molecule has 0 unspecified atom stereocenters. The van der Waals surface area contributed by atoms with Gasteiger partial charge in [-0.1, -0.05) is 0 Å². The van der Waals surface area contributed by atoms with Gasteiger partial charge in [0, 0.05) is 34.6 Å². The molecule has 4 rings (SSSR count). The van der Waals surface area contributed by atoms with Crippen molar-refractivity contribution in [1.29, 1.82) is 0 Å². The zero-order valence-electron chi connectivity index (χ0n) is 13.6. The van der Waals surface area contributed by atoms with E-state index in [1.54, 1.807) is 12.3 Å². The quantitative estimate of drug-likeness (QED) is 0.908. The Morgan fingerprint density at radius 2 is 2.12 bits per heavy atom. The monoisotopic (exact) mass is 325 g/mol. The summed E-state index contributed by atoms with van der Waals surface area (Å²) in [5.74, 6) is -0.251. The molecule has 1 fully saturated rings. The fourth-order valence-electron chi connectivity index (χ4n) is 3.57. The maximum absolute atomic E-state index is 14.6. The van der Waals surface area contributed by atoms with Gasteiger partial charge in [0.05, 0.1) is 18.2 Å². The lowest BCUT2D eigenvalue weighted by molar-refractivity contribution is 0.182. The minimum absolute atomic E-state index is 0.221. The number of aliphatic imine (C=N–C) groups is 1. The molecule has 0 amide bonds. The first kappa shape index (κ1) is 15.3. The minimum atomic E-state index is -0.251. The highest BCUT2D eigenvalue weighted by Crippen LogP contribution is 2.32. The first-order valence-corrected chi connectivity index (χ1v) is 8.35. The molecule has 0 saturated heterocycles. The molecule has 1 aliphatic carbocycles. The number of anilines is 1. The number of nitrogens with one attached hydrogen (secondary N) is 1. The summed E-state index contributed by atoms with van der Waals surface area (Å²) < 4.78 is 14.6. The molecule has 5 heteroatoms. The van der Waals surface area contributed by atoms with Crippen molar-refractivity contribution in [2.75, 3.05) is 11.9 Å². The second-order valence-corrected chi connectivity index (χ2v) is 6.65. The van der Waals surface area contributed by atoms with Gasteiger partial charge in [0.15, 0.2) is 0 Å². The SMILES string of the molecule is Cc1cc(N[C@H]2CC[C@H](O)C2)c2cc(F)c(C3=CC=NC3)cc2n1. The number of aromatic nitrogens is 1. The third-order valence-corrected chi connectivity index (χ3v) is 4.78. The molecular formula is C19H20FN3O. The number of aliphatic hydroxyl groups is 1. The number of rotatable bonds is 3. The fourth-order valence-corrected chi connectivity index (χ4v) is 3.57. The topological polar surface area (TPSA) is 57.5 Å². The molecule has 2 heterocycles. The maximum Gasteiger partial charge on any atom is 0.131 e. The van der Waals surface area contributed by atoms with Crippen LogP contribution >= 0.6 is 0 Å². The predicted molar refractivity (Wildman–Crippen MR) is 95.0 cm³/mol. The second kappa shape index (κ2) is 5.98. The van der Waals surface area contributed by atoms with Crippen LogP contribution in [-0.4, -0.2) is 35.0 Å². The van der Waals surface area contributed by atoms with E-state index in [0.29, 0.717) is 12.1 Å². The largest absolute Gasteiger partial charge is 0.393 e. The Morgan fingerprint density at radius 1 is 1.25 bits per heavy atom. The van der Waals surface area contributed by atoms with Crippen molar-refractivity contribution in [3.8, 4) is 0 Å². The highest BCUT2D eigenvalue weighted by molar-refractivity contribution is 5.96. The zero-order chi connectivity index (χ0) is 16.7. The molecular weight excluding hydrogens is 305 g/mol. The molecule has 2 N–H and O–H groups in total.